The van der Waals surface area contributed by atoms with Crippen LogP contribution in [0.3, 0.4) is 0 Å². The zero-order valence-corrected chi connectivity index (χ0v) is 12.1. The molecule has 0 atom stereocenters. The number of para-hydroxylation sites is 1. The highest BCUT2D eigenvalue weighted by Gasteiger charge is 2.12. The molecule has 1 heterocycles. The van der Waals surface area contributed by atoms with E-state index in [1.165, 1.54) is 5.56 Å². The van der Waals surface area contributed by atoms with Gasteiger partial charge in [0, 0.05) is 18.1 Å². The Morgan fingerprint density at radius 1 is 1.05 bits per heavy atom. The van der Waals surface area contributed by atoms with E-state index >= 15 is 0 Å². The molecule has 0 saturated heterocycles. The molecule has 21 heavy (non-hydrogen) atoms. The van der Waals surface area contributed by atoms with Gasteiger partial charge >= 0.3 is 0 Å². The number of aryl methyl sites for hydroxylation is 1. The van der Waals surface area contributed by atoms with Gasteiger partial charge in [-0.1, -0.05) is 30.3 Å². The van der Waals surface area contributed by atoms with Crippen LogP contribution in [0.4, 0.5) is 11.5 Å². The molecule has 0 aliphatic heterocycles. The Bertz CT molecular complexity index is 811. The van der Waals surface area contributed by atoms with Gasteiger partial charge in [-0.05, 0) is 36.8 Å². The van der Waals surface area contributed by atoms with E-state index in [0.29, 0.717) is 11.4 Å². The van der Waals surface area contributed by atoms with Crippen molar-refractivity contribution in [2.75, 3.05) is 11.9 Å². The van der Waals surface area contributed by atoms with Crippen molar-refractivity contribution < 1.29 is 4.79 Å². The van der Waals surface area contributed by atoms with Crippen LogP contribution in [0.1, 0.15) is 15.9 Å². The SMILES string of the molecule is Cc1cccc(N(C)c2nc3ccccc3cc2C=O)c1. The molecule has 3 heteroatoms. The number of carbonyl (C=O) groups is 1. The Morgan fingerprint density at radius 2 is 1.86 bits per heavy atom. The average molecular weight is 276 g/mol. The minimum atomic E-state index is 0.595. The van der Waals surface area contributed by atoms with Gasteiger partial charge in [0.1, 0.15) is 5.82 Å². The van der Waals surface area contributed by atoms with Crippen molar-refractivity contribution in [3.8, 4) is 0 Å². The van der Waals surface area contributed by atoms with Crippen molar-refractivity contribution in [2.45, 2.75) is 6.92 Å². The summed E-state index contributed by atoms with van der Waals surface area (Å²) in [6.45, 7) is 2.05. The smallest absolute Gasteiger partial charge is 0.153 e. The van der Waals surface area contributed by atoms with Crippen molar-refractivity contribution >= 4 is 28.7 Å². The second-order valence-electron chi connectivity index (χ2n) is 5.11. The van der Waals surface area contributed by atoms with Crippen LogP contribution in [-0.4, -0.2) is 18.3 Å². The third kappa shape index (κ3) is 2.50. The Labute approximate surface area is 123 Å². The molecule has 3 rings (SSSR count). The van der Waals surface area contributed by atoms with Crippen molar-refractivity contribution in [2.24, 2.45) is 0 Å². The van der Waals surface area contributed by atoms with Crippen LogP contribution >= 0.6 is 0 Å². The molecule has 1 aromatic heterocycles. The molecule has 0 radical (unpaired) electrons. The molecule has 3 nitrogen and oxygen atoms in total. The molecule has 0 amide bonds. The highest BCUT2D eigenvalue weighted by Crippen LogP contribution is 2.27. The molecular formula is C18H16N2O. The van der Waals surface area contributed by atoms with Crippen molar-refractivity contribution in [3.05, 3.63) is 65.7 Å². The van der Waals surface area contributed by atoms with Gasteiger partial charge in [-0.15, -0.1) is 0 Å². The van der Waals surface area contributed by atoms with Crippen LogP contribution in [0.5, 0.6) is 0 Å². The van der Waals surface area contributed by atoms with E-state index in [4.69, 9.17) is 0 Å². The first kappa shape index (κ1) is 13.3. The van der Waals surface area contributed by atoms with E-state index in [0.717, 1.165) is 22.9 Å². The third-order valence-electron chi connectivity index (χ3n) is 3.57. The Balaban J connectivity index is 2.16. The third-order valence-corrected chi connectivity index (χ3v) is 3.57. The number of hydrogen-bond donors (Lipinski definition) is 0. The number of nitrogens with zero attached hydrogens (tertiary/aromatic N) is 2. The number of aromatic nitrogens is 1. The average Bonchev–Trinajstić information content (AvgIpc) is 2.53. The monoisotopic (exact) mass is 276 g/mol. The molecule has 104 valence electrons. The van der Waals surface area contributed by atoms with Crippen molar-refractivity contribution in [1.82, 2.24) is 4.98 Å². The summed E-state index contributed by atoms with van der Waals surface area (Å²) in [6, 6.07) is 17.8. The lowest BCUT2D eigenvalue weighted by Gasteiger charge is -2.21. The van der Waals surface area contributed by atoms with E-state index in [1.807, 2.05) is 67.4 Å². The molecule has 0 unspecified atom stereocenters. The fourth-order valence-electron chi connectivity index (χ4n) is 2.44. The number of benzene rings is 2. The van der Waals surface area contributed by atoms with Gasteiger partial charge in [0.25, 0.3) is 0 Å². The van der Waals surface area contributed by atoms with Crippen LogP contribution in [0.25, 0.3) is 10.9 Å². The number of pyridine rings is 1. The minimum absolute atomic E-state index is 0.595. The standard InChI is InChI=1S/C18H16N2O/c1-13-6-5-8-16(10-13)20(2)18-15(12-21)11-14-7-3-4-9-17(14)19-18/h3-12H,1-2H3. The summed E-state index contributed by atoms with van der Waals surface area (Å²) in [5.74, 6) is 0.675. The number of aldehydes is 1. The molecule has 3 aromatic rings. The van der Waals surface area contributed by atoms with Gasteiger partial charge < -0.3 is 4.90 Å². The zero-order chi connectivity index (χ0) is 14.8. The molecule has 0 saturated carbocycles. The van der Waals surface area contributed by atoms with E-state index in [1.54, 1.807) is 0 Å². The number of hydrogen-bond acceptors (Lipinski definition) is 3. The van der Waals surface area contributed by atoms with Gasteiger partial charge in [0.05, 0.1) is 11.1 Å². The first-order valence-electron chi connectivity index (χ1n) is 6.84. The van der Waals surface area contributed by atoms with E-state index in [-0.39, 0.29) is 0 Å². The largest absolute Gasteiger partial charge is 0.329 e. The highest BCUT2D eigenvalue weighted by atomic mass is 16.1. The predicted molar refractivity (Wildman–Crippen MR) is 86.4 cm³/mol. The Kier molecular flexibility index (Phi) is 3.40. The molecule has 0 aliphatic carbocycles. The van der Waals surface area contributed by atoms with Crippen LogP contribution in [-0.2, 0) is 0 Å². The van der Waals surface area contributed by atoms with Gasteiger partial charge in [-0.3, -0.25) is 4.79 Å². The fraction of sp³-hybridized carbons (Fsp3) is 0.111. The lowest BCUT2D eigenvalue weighted by atomic mass is 10.1. The molecule has 0 aliphatic rings. The molecule has 0 fully saturated rings. The van der Waals surface area contributed by atoms with Gasteiger partial charge in [0.15, 0.2) is 6.29 Å². The molecule has 2 aromatic carbocycles. The van der Waals surface area contributed by atoms with Crippen LogP contribution in [0.15, 0.2) is 54.6 Å². The number of fused-ring (bicyclic) bond motifs is 1. The maximum Gasteiger partial charge on any atom is 0.153 e. The van der Waals surface area contributed by atoms with E-state index in [9.17, 15) is 4.79 Å². The topological polar surface area (TPSA) is 33.2 Å². The number of rotatable bonds is 3. The van der Waals surface area contributed by atoms with Crippen LogP contribution in [0, 0.1) is 6.92 Å². The normalized spacial score (nSPS) is 10.6. The quantitative estimate of drug-likeness (QED) is 0.674. The van der Waals surface area contributed by atoms with Crippen LogP contribution < -0.4 is 4.90 Å². The lowest BCUT2D eigenvalue weighted by Crippen LogP contribution is -2.13. The van der Waals surface area contributed by atoms with Crippen LogP contribution in [0.2, 0.25) is 0 Å². The zero-order valence-electron chi connectivity index (χ0n) is 12.1. The van der Waals surface area contributed by atoms with E-state index in [2.05, 4.69) is 11.1 Å². The maximum absolute atomic E-state index is 11.4. The minimum Gasteiger partial charge on any atom is -0.329 e. The van der Waals surface area contributed by atoms with Crippen molar-refractivity contribution in [1.29, 1.82) is 0 Å². The second-order valence-corrected chi connectivity index (χ2v) is 5.11. The summed E-state index contributed by atoms with van der Waals surface area (Å²) in [6.07, 6.45) is 0.862. The van der Waals surface area contributed by atoms with Gasteiger partial charge in [-0.25, -0.2) is 4.98 Å². The molecule has 0 N–H and O–H groups in total. The molecular weight excluding hydrogens is 260 g/mol. The molecule has 0 spiro atoms. The first-order valence-corrected chi connectivity index (χ1v) is 6.84. The van der Waals surface area contributed by atoms with E-state index < -0.39 is 0 Å². The summed E-state index contributed by atoms with van der Waals surface area (Å²) in [5, 5.41) is 0.973. The van der Waals surface area contributed by atoms with Crippen molar-refractivity contribution in [3.63, 3.8) is 0 Å². The van der Waals surface area contributed by atoms with Gasteiger partial charge in [-0.2, -0.15) is 0 Å². The van der Waals surface area contributed by atoms with Gasteiger partial charge in [0.2, 0.25) is 0 Å². The second kappa shape index (κ2) is 5.37. The first-order chi connectivity index (χ1) is 10.2. The summed E-state index contributed by atoms with van der Waals surface area (Å²) in [4.78, 5) is 18.0. The lowest BCUT2D eigenvalue weighted by molar-refractivity contribution is 0.112. The summed E-state index contributed by atoms with van der Waals surface area (Å²) < 4.78 is 0. The molecule has 0 bridgehead atoms. The summed E-state index contributed by atoms with van der Waals surface area (Å²) >= 11 is 0. The summed E-state index contributed by atoms with van der Waals surface area (Å²) in [7, 11) is 1.93. The maximum atomic E-state index is 11.4. The highest BCUT2D eigenvalue weighted by molar-refractivity contribution is 5.92. The number of carbonyl (C=O) groups excluding carboxylic acids is 1. The summed E-state index contributed by atoms with van der Waals surface area (Å²) in [5.41, 5.74) is 3.67. The predicted octanol–water partition coefficient (Wildman–Crippen LogP) is 4.12. The Morgan fingerprint density at radius 3 is 2.62 bits per heavy atom. The fourth-order valence-corrected chi connectivity index (χ4v) is 2.44. The number of anilines is 2. The Hall–Kier alpha value is -2.68.